The van der Waals surface area contributed by atoms with Gasteiger partial charge in [-0.15, -0.1) is 0 Å². The second kappa shape index (κ2) is 3.87. The Kier molecular flexibility index (Phi) is 2.35. The van der Waals surface area contributed by atoms with E-state index in [0.29, 0.717) is 11.5 Å². The molecule has 3 rings (SSSR count). The highest BCUT2D eigenvalue weighted by Gasteiger charge is 2.23. The summed E-state index contributed by atoms with van der Waals surface area (Å²) in [6, 6.07) is 3.60. The van der Waals surface area contributed by atoms with Crippen LogP contribution in [0.1, 0.15) is 41.4 Å². The monoisotopic (exact) mass is 230 g/mol. The third kappa shape index (κ3) is 1.60. The molecule has 0 atom stereocenters. The molecule has 4 heteroatoms. The first-order chi connectivity index (χ1) is 8.29. The number of aromatic nitrogens is 2. The normalized spacial score (nSPS) is 15.8. The Labute approximate surface area is 99.2 Å². The first-order valence-corrected chi connectivity index (χ1v) is 5.85. The van der Waals surface area contributed by atoms with Gasteiger partial charge in [0.1, 0.15) is 5.82 Å². The van der Waals surface area contributed by atoms with E-state index in [4.69, 9.17) is 4.74 Å². The average molecular weight is 230 g/mol. The van der Waals surface area contributed by atoms with Crippen LogP contribution in [-0.4, -0.2) is 22.5 Å². The van der Waals surface area contributed by atoms with Crippen LogP contribution in [0.3, 0.4) is 0 Å². The van der Waals surface area contributed by atoms with Gasteiger partial charge in [-0.3, -0.25) is 0 Å². The topological polar surface area (TPSA) is 43.6 Å². The molecule has 0 N–H and O–H groups in total. The van der Waals surface area contributed by atoms with E-state index >= 15 is 0 Å². The quantitative estimate of drug-likeness (QED) is 0.744. The summed E-state index contributed by atoms with van der Waals surface area (Å²) in [5, 5.41) is 0. The Hall–Kier alpha value is -1.84. The number of ether oxygens (including phenoxy) is 1. The van der Waals surface area contributed by atoms with Crippen molar-refractivity contribution in [1.29, 1.82) is 0 Å². The van der Waals surface area contributed by atoms with Crippen molar-refractivity contribution >= 4 is 11.5 Å². The van der Waals surface area contributed by atoms with Crippen LogP contribution in [0.2, 0.25) is 0 Å². The molecular formula is C13H14N2O2. The van der Waals surface area contributed by atoms with Crippen molar-refractivity contribution in [3.63, 3.8) is 0 Å². The fourth-order valence-corrected chi connectivity index (χ4v) is 2.23. The van der Waals surface area contributed by atoms with E-state index in [1.807, 2.05) is 18.5 Å². The van der Waals surface area contributed by atoms with Gasteiger partial charge in [0.2, 0.25) is 0 Å². The van der Waals surface area contributed by atoms with Crippen LogP contribution in [0, 0.1) is 0 Å². The molecule has 0 aromatic carbocycles. The number of methoxy groups -OCH3 is 1. The molecule has 1 fully saturated rings. The van der Waals surface area contributed by atoms with Crippen LogP contribution >= 0.6 is 0 Å². The van der Waals surface area contributed by atoms with Gasteiger partial charge in [-0.1, -0.05) is 6.42 Å². The molecule has 2 aromatic rings. The number of fused-ring (bicyclic) bond motifs is 1. The number of carbonyl (C=O) groups is 1. The zero-order valence-corrected chi connectivity index (χ0v) is 9.72. The largest absolute Gasteiger partial charge is 0.465 e. The molecule has 1 saturated carbocycles. The van der Waals surface area contributed by atoms with Crippen molar-refractivity contribution in [2.45, 2.75) is 25.2 Å². The van der Waals surface area contributed by atoms with Crippen molar-refractivity contribution in [3.05, 3.63) is 35.9 Å². The average Bonchev–Trinajstić information content (AvgIpc) is 2.69. The van der Waals surface area contributed by atoms with Crippen molar-refractivity contribution in [3.8, 4) is 0 Å². The van der Waals surface area contributed by atoms with Crippen LogP contribution in [0.25, 0.3) is 5.52 Å². The third-order valence-corrected chi connectivity index (χ3v) is 3.45. The molecular weight excluding hydrogens is 216 g/mol. The summed E-state index contributed by atoms with van der Waals surface area (Å²) in [6.07, 6.45) is 7.46. The summed E-state index contributed by atoms with van der Waals surface area (Å²) in [5.41, 5.74) is 1.52. The second-order valence-corrected chi connectivity index (χ2v) is 4.45. The van der Waals surface area contributed by atoms with E-state index in [-0.39, 0.29) is 5.97 Å². The SMILES string of the molecule is COC(=O)c1ccn2c(C3CCC3)ncc2c1. The lowest BCUT2D eigenvalue weighted by Gasteiger charge is -2.23. The van der Waals surface area contributed by atoms with Gasteiger partial charge in [-0.05, 0) is 25.0 Å². The number of esters is 1. The van der Waals surface area contributed by atoms with Gasteiger partial charge in [-0.2, -0.15) is 0 Å². The summed E-state index contributed by atoms with van der Waals surface area (Å²) in [4.78, 5) is 15.9. The summed E-state index contributed by atoms with van der Waals surface area (Å²) in [6.45, 7) is 0. The van der Waals surface area contributed by atoms with E-state index in [0.717, 1.165) is 11.3 Å². The molecule has 2 aromatic heterocycles. The Morgan fingerprint density at radius 1 is 1.53 bits per heavy atom. The lowest BCUT2D eigenvalue weighted by molar-refractivity contribution is 0.0600. The highest BCUT2D eigenvalue weighted by Crippen LogP contribution is 2.35. The predicted molar refractivity (Wildman–Crippen MR) is 63.1 cm³/mol. The predicted octanol–water partition coefficient (Wildman–Crippen LogP) is 2.39. The fraction of sp³-hybridized carbons (Fsp3) is 0.385. The van der Waals surface area contributed by atoms with Gasteiger partial charge in [-0.25, -0.2) is 9.78 Å². The minimum Gasteiger partial charge on any atom is -0.465 e. The van der Waals surface area contributed by atoms with Crippen LogP contribution in [0.5, 0.6) is 0 Å². The van der Waals surface area contributed by atoms with Crippen molar-refractivity contribution in [1.82, 2.24) is 9.38 Å². The lowest BCUT2D eigenvalue weighted by atomic mass is 9.85. The van der Waals surface area contributed by atoms with E-state index in [2.05, 4.69) is 9.38 Å². The Morgan fingerprint density at radius 3 is 3.00 bits per heavy atom. The number of hydrogen-bond acceptors (Lipinski definition) is 3. The maximum absolute atomic E-state index is 11.4. The number of imidazole rings is 1. The molecule has 4 nitrogen and oxygen atoms in total. The van der Waals surface area contributed by atoms with Crippen LogP contribution in [0.4, 0.5) is 0 Å². The third-order valence-electron chi connectivity index (χ3n) is 3.45. The number of rotatable bonds is 2. The number of nitrogens with zero attached hydrogens (tertiary/aromatic N) is 2. The highest BCUT2D eigenvalue weighted by molar-refractivity contribution is 5.90. The fourth-order valence-electron chi connectivity index (χ4n) is 2.23. The summed E-state index contributed by atoms with van der Waals surface area (Å²) < 4.78 is 6.77. The molecule has 17 heavy (non-hydrogen) atoms. The number of pyridine rings is 1. The van der Waals surface area contributed by atoms with E-state index in [9.17, 15) is 4.79 Å². The summed E-state index contributed by atoms with van der Waals surface area (Å²) in [7, 11) is 1.39. The summed E-state index contributed by atoms with van der Waals surface area (Å²) >= 11 is 0. The minimum atomic E-state index is -0.307. The van der Waals surface area contributed by atoms with Gasteiger partial charge in [0.05, 0.1) is 24.4 Å². The molecule has 88 valence electrons. The van der Waals surface area contributed by atoms with Crippen LogP contribution in [-0.2, 0) is 4.74 Å². The van der Waals surface area contributed by atoms with Crippen molar-refractivity contribution in [2.75, 3.05) is 7.11 Å². The van der Waals surface area contributed by atoms with E-state index < -0.39 is 0 Å². The minimum absolute atomic E-state index is 0.307. The molecule has 0 aliphatic heterocycles. The molecule has 0 unspecified atom stereocenters. The Balaban J connectivity index is 2.04. The molecule has 2 heterocycles. The maximum Gasteiger partial charge on any atom is 0.337 e. The molecule has 0 amide bonds. The first-order valence-electron chi connectivity index (χ1n) is 5.85. The van der Waals surface area contributed by atoms with Crippen LogP contribution < -0.4 is 0 Å². The Morgan fingerprint density at radius 2 is 2.35 bits per heavy atom. The van der Waals surface area contributed by atoms with E-state index in [1.54, 1.807) is 6.07 Å². The van der Waals surface area contributed by atoms with Gasteiger partial charge >= 0.3 is 5.97 Å². The smallest absolute Gasteiger partial charge is 0.337 e. The maximum atomic E-state index is 11.4. The van der Waals surface area contributed by atoms with E-state index in [1.165, 1.54) is 26.4 Å². The van der Waals surface area contributed by atoms with Crippen LogP contribution in [0.15, 0.2) is 24.5 Å². The second-order valence-electron chi connectivity index (χ2n) is 4.45. The number of hydrogen-bond donors (Lipinski definition) is 0. The number of carbonyl (C=O) groups excluding carboxylic acids is 1. The van der Waals surface area contributed by atoms with Gasteiger partial charge in [0.25, 0.3) is 0 Å². The molecule has 1 aliphatic rings. The van der Waals surface area contributed by atoms with Crippen molar-refractivity contribution < 1.29 is 9.53 Å². The zero-order chi connectivity index (χ0) is 11.8. The molecule has 1 aliphatic carbocycles. The van der Waals surface area contributed by atoms with Gasteiger partial charge in [0, 0.05) is 12.1 Å². The standard InChI is InChI=1S/C13H14N2O2/c1-17-13(16)10-5-6-15-11(7-10)8-14-12(15)9-3-2-4-9/h5-9H,2-4H2,1H3. The Bertz CT molecular complexity index is 570. The van der Waals surface area contributed by atoms with Gasteiger partial charge < -0.3 is 9.14 Å². The lowest BCUT2D eigenvalue weighted by Crippen LogP contribution is -2.12. The zero-order valence-electron chi connectivity index (χ0n) is 9.72. The molecule has 0 spiro atoms. The summed E-state index contributed by atoms with van der Waals surface area (Å²) in [5.74, 6) is 1.39. The molecule has 0 radical (unpaired) electrons. The van der Waals surface area contributed by atoms with Crippen molar-refractivity contribution in [2.24, 2.45) is 0 Å². The highest BCUT2D eigenvalue weighted by atomic mass is 16.5. The molecule has 0 saturated heterocycles. The molecule has 0 bridgehead atoms. The first kappa shape index (κ1) is 10.3. The van der Waals surface area contributed by atoms with Gasteiger partial charge in [0.15, 0.2) is 0 Å².